The first-order valence-corrected chi connectivity index (χ1v) is 7.63. The van der Waals surface area contributed by atoms with E-state index in [0.29, 0.717) is 11.2 Å². The van der Waals surface area contributed by atoms with Gasteiger partial charge in [-0.3, -0.25) is 0 Å². The normalized spacial score (nSPS) is 22.0. The summed E-state index contributed by atoms with van der Waals surface area (Å²) >= 11 is 1.55. The number of anilines is 2. The van der Waals surface area contributed by atoms with Crippen LogP contribution in [0.3, 0.4) is 0 Å². The van der Waals surface area contributed by atoms with Crippen LogP contribution in [0.2, 0.25) is 0 Å². The van der Waals surface area contributed by atoms with E-state index >= 15 is 0 Å². The molecule has 2 rings (SSSR count). The molecule has 1 fully saturated rings. The van der Waals surface area contributed by atoms with E-state index < -0.39 is 0 Å². The molecule has 0 amide bonds. The van der Waals surface area contributed by atoms with Crippen LogP contribution in [0.1, 0.15) is 45.6 Å². The van der Waals surface area contributed by atoms with E-state index in [1.54, 1.807) is 11.5 Å². The van der Waals surface area contributed by atoms with Gasteiger partial charge in [0.25, 0.3) is 0 Å². The molecule has 2 heterocycles. The fourth-order valence-electron chi connectivity index (χ4n) is 2.80. The number of nitrogens with zero attached hydrogens (tertiary/aromatic N) is 2. The van der Waals surface area contributed by atoms with E-state index in [9.17, 15) is 0 Å². The molecule has 1 aromatic rings. The van der Waals surface area contributed by atoms with Crippen LogP contribution in [0.15, 0.2) is 0 Å². The van der Waals surface area contributed by atoms with Crippen molar-refractivity contribution in [3.63, 3.8) is 0 Å². The topological polar surface area (TPSA) is 42.1 Å². The first kappa shape index (κ1) is 13.7. The van der Waals surface area contributed by atoms with Gasteiger partial charge in [-0.1, -0.05) is 20.8 Å². The van der Waals surface area contributed by atoms with E-state index in [1.165, 1.54) is 24.3 Å². The van der Waals surface area contributed by atoms with Crippen LogP contribution in [0.5, 0.6) is 0 Å². The fourth-order valence-corrected chi connectivity index (χ4v) is 3.66. The molecule has 1 saturated heterocycles. The summed E-state index contributed by atoms with van der Waals surface area (Å²) in [5.74, 6) is 1.53. The number of aromatic nitrogens is 1. The highest BCUT2D eigenvalue weighted by molar-refractivity contribution is 7.10. The van der Waals surface area contributed by atoms with Crippen molar-refractivity contribution in [2.75, 3.05) is 23.7 Å². The first-order chi connectivity index (χ1) is 8.39. The van der Waals surface area contributed by atoms with Crippen LogP contribution in [-0.4, -0.2) is 17.5 Å². The summed E-state index contributed by atoms with van der Waals surface area (Å²) in [6.45, 7) is 11.5. The number of nitrogen functional groups attached to an aromatic ring is 1. The van der Waals surface area contributed by atoms with Gasteiger partial charge in [-0.15, -0.1) is 0 Å². The minimum absolute atomic E-state index is 0.428. The highest BCUT2D eigenvalue weighted by Crippen LogP contribution is 2.37. The Morgan fingerprint density at radius 1 is 1.28 bits per heavy atom. The number of hydrogen-bond donors (Lipinski definition) is 1. The molecule has 1 aliphatic rings. The largest absolute Gasteiger partial charge is 0.383 e. The van der Waals surface area contributed by atoms with Gasteiger partial charge in [-0.2, -0.15) is 4.37 Å². The molecule has 0 saturated carbocycles. The summed E-state index contributed by atoms with van der Waals surface area (Å²) in [5, 5.41) is 1.28. The molecule has 1 unspecified atom stereocenters. The van der Waals surface area contributed by atoms with Gasteiger partial charge in [0.2, 0.25) is 0 Å². The van der Waals surface area contributed by atoms with Gasteiger partial charge in [0.05, 0.1) is 0 Å². The van der Waals surface area contributed by atoms with E-state index in [0.717, 1.165) is 24.6 Å². The van der Waals surface area contributed by atoms with Crippen LogP contribution >= 0.6 is 11.5 Å². The van der Waals surface area contributed by atoms with Gasteiger partial charge >= 0.3 is 0 Å². The van der Waals surface area contributed by atoms with E-state index in [1.807, 2.05) is 0 Å². The zero-order valence-electron chi connectivity index (χ0n) is 12.0. The standard InChI is InChI=1S/C14H25N3S/c1-10-12(15)16-18-13(10)17-8-5-6-11(7-9-17)14(2,3)4/h11H,5-9H2,1-4H3,(H2,15,16). The minimum atomic E-state index is 0.428. The Bertz CT molecular complexity index is 406. The predicted octanol–water partition coefficient (Wildman–Crippen LogP) is 3.69. The van der Waals surface area contributed by atoms with E-state index in [-0.39, 0.29) is 0 Å². The lowest BCUT2D eigenvalue weighted by Crippen LogP contribution is -2.25. The van der Waals surface area contributed by atoms with Gasteiger partial charge < -0.3 is 10.6 Å². The summed E-state index contributed by atoms with van der Waals surface area (Å²) in [6.07, 6.45) is 3.90. The summed E-state index contributed by atoms with van der Waals surface area (Å²) in [7, 11) is 0. The summed E-state index contributed by atoms with van der Waals surface area (Å²) < 4.78 is 4.27. The molecule has 0 aliphatic carbocycles. The average Bonchev–Trinajstić information content (AvgIpc) is 2.55. The Morgan fingerprint density at radius 3 is 2.56 bits per heavy atom. The van der Waals surface area contributed by atoms with Crippen molar-refractivity contribution >= 4 is 22.4 Å². The molecule has 4 heteroatoms. The van der Waals surface area contributed by atoms with Crippen molar-refractivity contribution in [1.82, 2.24) is 4.37 Å². The fraction of sp³-hybridized carbons (Fsp3) is 0.786. The molecule has 1 atom stereocenters. The molecule has 1 aliphatic heterocycles. The smallest absolute Gasteiger partial charge is 0.142 e. The average molecular weight is 267 g/mol. The van der Waals surface area contributed by atoms with Crippen LogP contribution in [0.25, 0.3) is 0 Å². The molecule has 0 spiro atoms. The Balaban J connectivity index is 2.08. The number of nitrogens with two attached hydrogens (primary N) is 1. The summed E-state index contributed by atoms with van der Waals surface area (Å²) in [4.78, 5) is 2.48. The third-order valence-electron chi connectivity index (χ3n) is 4.18. The van der Waals surface area contributed by atoms with Crippen molar-refractivity contribution in [1.29, 1.82) is 0 Å². The van der Waals surface area contributed by atoms with Crippen LogP contribution < -0.4 is 10.6 Å². The second kappa shape index (κ2) is 5.08. The maximum atomic E-state index is 5.86. The molecule has 102 valence electrons. The van der Waals surface area contributed by atoms with Gasteiger partial charge in [0.1, 0.15) is 10.8 Å². The molecule has 0 bridgehead atoms. The SMILES string of the molecule is Cc1c(N)nsc1N1CCCC(C(C)(C)C)CC1. The molecule has 1 aromatic heterocycles. The van der Waals surface area contributed by atoms with Crippen molar-refractivity contribution in [3.05, 3.63) is 5.56 Å². The zero-order valence-corrected chi connectivity index (χ0v) is 12.8. The van der Waals surface area contributed by atoms with Gasteiger partial charge in [-0.25, -0.2) is 0 Å². The Labute approximate surface area is 115 Å². The Hall–Kier alpha value is -0.770. The molecular weight excluding hydrogens is 242 g/mol. The zero-order chi connectivity index (χ0) is 13.3. The summed E-state index contributed by atoms with van der Waals surface area (Å²) in [6, 6.07) is 0. The molecule has 0 radical (unpaired) electrons. The Morgan fingerprint density at radius 2 is 2.00 bits per heavy atom. The third-order valence-corrected chi connectivity index (χ3v) is 5.20. The van der Waals surface area contributed by atoms with Crippen LogP contribution in [0, 0.1) is 18.3 Å². The van der Waals surface area contributed by atoms with E-state index in [2.05, 4.69) is 37.0 Å². The second-order valence-corrected chi connectivity index (χ2v) is 7.23. The second-order valence-electron chi connectivity index (χ2n) is 6.48. The van der Waals surface area contributed by atoms with Crippen molar-refractivity contribution < 1.29 is 0 Å². The lowest BCUT2D eigenvalue weighted by atomic mass is 9.77. The molecule has 3 nitrogen and oxygen atoms in total. The van der Waals surface area contributed by atoms with Gasteiger partial charge in [0, 0.05) is 18.7 Å². The van der Waals surface area contributed by atoms with Crippen LogP contribution in [0.4, 0.5) is 10.8 Å². The molecule has 0 aromatic carbocycles. The van der Waals surface area contributed by atoms with Crippen molar-refractivity contribution in [3.8, 4) is 0 Å². The number of hydrogen-bond acceptors (Lipinski definition) is 4. The first-order valence-electron chi connectivity index (χ1n) is 6.86. The predicted molar refractivity (Wildman–Crippen MR) is 80.3 cm³/mol. The monoisotopic (exact) mass is 267 g/mol. The molecular formula is C14H25N3S. The quantitative estimate of drug-likeness (QED) is 0.844. The molecule has 2 N–H and O–H groups in total. The maximum absolute atomic E-state index is 5.86. The van der Waals surface area contributed by atoms with Crippen LogP contribution in [-0.2, 0) is 0 Å². The highest BCUT2D eigenvalue weighted by Gasteiger charge is 2.28. The van der Waals surface area contributed by atoms with Crippen molar-refractivity contribution in [2.45, 2.75) is 47.0 Å². The third kappa shape index (κ3) is 2.79. The van der Waals surface area contributed by atoms with E-state index in [4.69, 9.17) is 5.73 Å². The number of rotatable bonds is 1. The lowest BCUT2D eigenvalue weighted by molar-refractivity contribution is 0.220. The lowest BCUT2D eigenvalue weighted by Gasteiger charge is -2.29. The van der Waals surface area contributed by atoms with Gasteiger partial charge in [-0.05, 0) is 49.1 Å². The minimum Gasteiger partial charge on any atom is -0.383 e. The maximum Gasteiger partial charge on any atom is 0.142 e. The highest BCUT2D eigenvalue weighted by atomic mass is 32.1. The summed E-state index contributed by atoms with van der Waals surface area (Å²) in [5.41, 5.74) is 7.45. The van der Waals surface area contributed by atoms with Crippen molar-refractivity contribution in [2.24, 2.45) is 11.3 Å². The molecule has 18 heavy (non-hydrogen) atoms. The van der Waals surface area contributed by atoms with Gasteiger partial charge in [0.15, 0.2) is 0 Å². The Kier molecular flexibility index (Phi) is 3.85.